The SMILES string of the molecule is CCOC(=O)c1ccc(CC(Cl)C(=O)OC)c([N+](=O)[O-])c1. The molecule has 7 nitrogen and oxygen atoms in total. The number of ether oxygens (including phenoxy) is 2. The van der Waals surface area contributed by atoms with Gasteiger partial charge in [0.25, 0.3) is 5.69 Å². The molecule has 0 bridgehead atoms. The van der Waals surface area contributed by atoms with E-state index in [1.165, 1.54) is 19.2 Å². The van der Waals surface area contributed by atoms with Crippen LogP contribution in [-0.2, 0) is 20.7 Å². The van der Waals surface area contributed by atoms with Crippen molar-refractivity contribution in [2.24, 2.45) is 0 Å². The Morgan fingerprint density at radius 3 is 2.62 bits per heavy atom. The molecule has 0 aliphatic carbocycles. The first kappa shape index (κ1) is 16.9. The number of benzene rings is 1. The van der Waals surface area contributed by atoms with Crippen LogP contribution in [0.25, 0.3) is 0 Å². The molecule has 1 aromatic carbocycles. The number of methoxy groups -OCH3 is 1. The fourth-order valence-corrected chi connectivity index (χ4v) is 1.91. The Hall–Kier alpha value is -2.15. The lowest BCUT2D eigenvalue weighted by atomic mass is 10.0. The quantitative estimate of drug-likeness (QED) is 0.345. The van der Waals surface area contributed by atoms with Gasteiger partial charge in [0.1, 0.15) is 5.38 Å². The molecule has 0 aliphatic rings. The molecule has 1 atom stereocenters. The molecule has 8 heteroatoms. The summed E-state index contributed by atoms with van der Waals surface area (Å²) in [5, 5.41) is 10.0. The lowest BCUT2D eigenvalue weighted by Gasteiger charge is -2.09. The van der Waals surface area contributed by atoms with Crippen LogP contribution in [0.1, 0.15) is 22.8 Å². The highest BCUT2D eigenvalue weighted by Crippen LogP contribution is 2.24. The monoisotopic (exact) mass is 315 g/mol. The molecule has 0 saturated carbocycles. The number of hydrogen-bond acceptors (Lipinski definition) is 6. The summed E-state index contributed by atoms with van der Waals surface area (Å²) in [6.07, 6.45) is -0.0757. The van der Waals surface area contributed by atoms with E-state index in [2.05, 4.69) is 4.74 Å². The molecular formula is C13H14ClNO6. The summed E-state index contributed by atoms with van der Waals surface area (Å²) in [4.78, 5) is 33.3. The highest BCUT2D eigenvalue weighted by molar-refractivity contribution is 6.30. The summed E-state index contributed by atoms with van der Waals surface area (Å²) in [5.74, 6) is -1.33. The average Bonchev–Trinajstić information content (AvgIpc) is 2.46. The van der Waals surface area contributed by atoms with Crippen molar-refractivity contribution in [1.29, 1.82) is 0 Å². The zero-order chi connectivity index (χ0) is 16.0. The van der Waals surface area contributed by atoms with E-state index in [0.717, 1.165) is 6.07 Å². The van der Waals surface area contributed by atoms with Crippen LogP contribution in [0.4, 0.5) is 5.69 Å². The molecule has 0 fully saturated rings. The van der Waals surface area contributed by atoms with Crippen molar-refractivity contribution in [2.45, 2.75) is 18.7 Å². The molecule has 0 heterocycles. The highest BCUT2D eigenvalue weighted by Gasteiger charge is 2.23. The van der Waals surface area contributed by atoms with Crippen molar-refractivity contribution in [2.75, 3.05) is 13.7 Å². The van der Waals surface area contributed by atoms with Crippen molar-refractivity contribution in [3.8, 4) is 0 Å². The number of esters is 2. The third-order valence-electron chi connectivity index (χ3n) is 2.65. The predicted octanol–water partition coefficient (Wildman–Crippen LogP) is 2.09. The van der Waals surface area contributed by atoms with Gasteiger partial charge in [-0.2, -0.15) is 0 Å². The minimum Gasteiger partial charge on any atom is -0.468 e. The Bertz CT molecular complexity index is 560. The maximum Gasteiger partial charge on any atom is 0.338 e. The molecule has 1 rings (SSSR count). The van der Waals surface area contributed by atoms with Gasteiger partial charge in [0.05, 0.1) is 24.2 Å². The standard InChI is InChI=1S/C13H14ClNO6/c1-3-21-12(16)9-5-4-8(11(7-9)15(18)19)6-10(14)13(17)20-2/h4-5,7,10H,3,6H2,1-2H3. The van der Waals surface area contributed by atoms with E-state index in [1.54, 1.807) is 6.92 Å². The minimum atomic E-state index is -1.04. The van der Waals surface area contributed by atoms with Crippen LogP contribution in [0.15, 0.2) is 18.2 Å². The van der Waals surface area contributed by atoms with Crippen LogP contribution >= 0.6 is 11.6 Å². The second kappa shape index (κ2) is 7.58. The summed E-state index contributed by atoms with van der Waals surface area (Å²) in [6, 6.07) is 3.87. The molecule has 1 aromatic rings. The third-order valence-corrected chi connectivity index (χ3v) is 2.98. The smallest absolute Gasteiger partial charge is 0.338 e. The minimum absolute atomic E-state index is 0.0662. The number of nitrogens with zero attached hydrogens (tertiary/aromatic N) is 1. The fourth-order valence-electron chi connectivity index (χ4n) is 1.65. The van der Waals surface area contributed by atoms with Crippen LogP contribution in [-0.4, -0.2) is 36.0 Å². The van der Waals surface area contributed by atoms with E-state index in [9.17, 15) is 19.7 Å². The van der Waals surface area contributed by atoms with Crippen molar-refractivity contribution < 1.29 is 24.0 Å². The van der Waals surface area contributed by atoms with E-state index in [-0.39, 0.29) is 29.8 Å². The van der Waals surface area contributed by atoms with Gasteiger partial charge in [-0.05, 0) is 13.0 Å². The average molecular weight is 316 g/mol. The Labute approximate surface area is 125 Å². The Morgan fingerprint density at radius 1 is 1.43 bits per heavy atom. The van der Waals surface area contributed by atoms with Gasteiger partial charge < -0.3 is 9.47 Å². The number of nitro benzene ring substituents is 1. The predicted molar refractivity (Wildman–Crippen MR) is 74.4 cm³/mol. The second-order valence-corrected chi connectivity index (χ2v) is 4.54. The van der Waals surface area contributed by atoms with Gasteiger partial charge in [-0.15, -0.1) is 11.6 Å². The second-order valence-electron chi connectivity index (χ2n) is 4.02. The Kier molecular flexibility index (Phi) is 6.10. The Balaban J connectivity index is 3.08. The Morgan fingerprint density at radius 2 is 2.10 bits per heavy atom. The number of rotatable bonds is 6. The molecule has 0 N–H and O–H groups in total. The van der Waals surface area contributed by atoms with Gasteiger partial charge in [-0.25, -0.2) is 4.79 Å². The van der Waals surface area contributed by atoms with Crippen LogP contribution in [0, 0.1) is 10.1 Å². The molecule has 0 saturated heterocycles. The van der Waals surface area contributed by atoms with Gasteiger partial charge in [0, 0.05) is 18.1 Å². The molecule has 0 amide bonds. The first-order valence-electron chi connectivity index (χ1n) is 6.07. The lowest BCUT2D eigenvalue weighted by Crippen LogP contribution is -2.19. The highest BCUT2D eigenvalue weighted by atomic mass is 35.5. The number of carbonyl (C=O) groups excluding carboxylic acids is 2. The van der Waals surface area contributed by atoms with Crippen LogP contribution in [0.3, 0.4) is 0 Å². The summed E-state index contributed by atoms with van der Waals surface area (Å²) >= 11 is 5.81. The summed E-state index contributed by atoms with van der Waals surface area (Å²) in [5.41, 5.74) is 0.00467. The lowest BCUT2D eigenvalue weighted by molar-refractivity contribution is -0.385. The fraction of sp³-hybridized carbons (Fsp3) is 0.385. The maximum absolute atomic E-state index is 11.6. The van der Waals surface area contributed by atoms with E-state index < -0.39 is 22.2 Å². The summed E-state index contributed by atoms with van der Waals surface area (Å²) in [7, 11) is 1.18. The topological polar surface area (TPSA) is 95.7 Å². The van der Waals surface area contributed by atoms with Gasteiger partial charge >= 0.3 is 11.9 Å². The number of halogens is 1. The molecular weight excluding hydrogens is 302 g/mol. The first-order valence-corrected chi connectivity index (χ1v) is 6.50. The van der Waals surface area contributed by atoms with Crippen molar-refractivity contribution in [3.63, 3.8) is 0 Å². The zero-order valence-corrected chi connectivity index (χ0v) is 12.3. The normalized spacial score (nSPS) is 11.6. The molecule has 1 unspecified atom stereocenters. The molecule has 0 aliphatic heterocycles. The summed E-state index contributed by atoms with van der Waals surface area (Å²) in [6.45, 7) is 1.80. The maximum atomic E-state index is 11.6. The molecule has 0 aromatic heterocycles. The van der Waals surface area contributed by atoms with Crippen molar-refractivity contribution in [1.82, 2.24) is 0 Å². The largest absolute Gasteiger partial charge is 0.468 e. The number of carbonyl (C=O) groups is 2. The van der Waals surface area contributed by atoms with E-state index in [1.807, 2.05) is 0 Å². The molecule has 0 spiro atoms. The number of alkyl halides is 1. The van der Waals surface area contributed by atoms with Crippen LogP contribution in [0.2, 0.25) is 0 Å². The van der Waals surface area contributed by atoms with Gasteiger partial charge in [0.15, 0.2) is 0 Å². The van der Waals surface area contributed by atoms with Gasteiger partial charge in [-0.3, -0.25) is 14.9 Å². The van der Waals surface area contributed by atoms with E-state index in [4.69, 9.17) is 16.3 Å². The molecule has 0 radical (unpaired) electrons. The van der Waals surface area contributed by atoms with E-state index >= 15 is 0 Å². The van der Waals surface area contributed by atoms with Crippen LogP contribution in [0.5, 0.6) is 0 Å². The van der Waals surface area contributed by atoms with Crippen molar-refractivity contribution in [3.05, 3.63) is 39.4 Å². The molecule has 114 valence electrons. The zero-order valence-electron chi connectivity index (χ0n) is 11.5. The van der Waals surface area contributed by atoms with Gasteiger partial charge in [0.2, 0.25) is 0 Å². The van der Waals surface area contributed by atoms with Crippen molar-refractivity contribution >= 4 is 29.2 Å². The van der Waals surface area contributed by atoms with Crippen LogP contribution < -0.4 is 0 Å². The van der Waals surface area contributed by atoms with E-state index in [0.29, 0.717) is 0 Å². The summed E-state index contributed by atoms with van der Waals surface area (Å²) < 4.78 is 9.24. The first-order chi connectivity index (χ1) is 9.90. The van der Waals surface area contributed by atoms with Gasteiger partial charge in [-0.1, -0.05) is 6.07 Å². The number of nitro groups is 1. The number of hydrogen-bond donors (Lipinski definition) is 0. The molecule has 21 heavy (non-hydrogen) atoms. The third kappa shape index (κ3) is 4.42.